The van der Waals surface area contributed by atoms with Crippen molar-refractivity contribution in [3.05, 3.63) is 11.1 Å². The number of nitrogens with zero attached hydrogens (tertiary/aromatic N) is 1. The Morgan fingerprint density at radius 1 is 1.18 bits per heavy atom. The van der Waals surface area contributed by atoms with E-state index in [0.29, 0.717) is 0 Å². The van der Waals surface area contributed by atoms with Gasteiger partial charge in [0.1, 0.15) is 12.2 Å². The summed E-state index contributed by atoms with van der Waals surface area (Å²) in [5, 5.41) is 6.29. The Balaban J connectivity index is 2.84. The summed E-state index contributed by atoms with van der Waals surface area (Å²) in [7, 11) is 0. The Hall–Kier alpha value is -1.49. The zero-order chi connectivity index (χ0) is 21.5. The van der Waals surface area contributed by atoms with Crippen molar-refractivity contribution in [3.63, 3.8) is 0 Å². The molecule has 1 aromatic rings. The highest BCUT2D eigenvalue weighted by Gasteiger charge is 2.29. The molecule has 1 rings (SSSR count). The molecule has 0 bridgehead atoms. The number of alkyl carbamates (subject to hydrolysis) is 1. The molecule has 1 aromatic heterocycles. The predicted molar refractivity (Wildman–Crippen MR) is 106 cm³/mol. The molecule has 13 heteroatoms. The van der Waals surface area contributed by atoms with Gasteiger partial charge < -0.3 is 19.5 Å². The molecular weight excluding hydrogens is 457 g/mol. The van der Waals surface area contributed by atoms with Gasteiger partial charge in [-0.15, -0.1) is 11.3 Å². The van der Waals surface area contributed by atoms with E-state index in [1.807, 2.05) is 0 Å². The topological polar surface area (TPSA) is 116 Å². The van der Waals surface area contributed by atoms with Crippen molar-refractivity contribution in [2.45, 2.75) is 43.1 Å². The van der Waals surface area contributed by atoms with Crippen LogP contribution in [0, 0.1) is 0 Å². The Labute approximate surface area is 181 Å². The molecule has 1 heterocycles. The quantitative estimate of drug-likeness (QED) is 0.359. The fourth-order valence-corrected chi connectivity index (χ4v) is 2.54. The average Bonchev–Trinajstić information content (AvgIpc) is 2.96. The van der Waals surface area contributed by atoms with Crippen LogP contribution in [-0.4, -0.2) is 45.7 Å². The lowest BCUT2D eigenvalue weighted by molar-refractivity contribution is -0.145. The molecular formula is C15H20Cl3N3O6S. The molecule has 0 aromatic carbocycles. The first-order chi connectivity index (χ1) is 12.8. The van der Waals surface area contributed by atoms with E-state index in [1.165, 1.54) is 5.38 Å². The van der Waals surface area contributed by atoms with E-state index in [1.54, 1.807) is 27.7 Å². The second-order valence-corrected chi connectivity index (χ2v) is 9.60. The smallest absolute Gasteiger partial charge is 0.413 e. The van der Waals surface area contributed by atoms with Crippen LogP contribution in [0.5, 0.6) is 0 Å². The van der Waals surface area contributed by atoms with Crippen molar-refractivity contribution in [1.82, 2.24) is 10.3 Å². The van der Waals surface area contributed by atoms with E-state index in [-0.39, 0.29) is 17.4 Å². The van der Waals surface area contributed by atoms with Crippen LogP contribution in [0.4, 0.5) is 14.7 Å². The average molecular weight is 477 g/mol. The van der Waals surface area contributed by atoms with E-state index in [0.717, 1.165) is 11.3 Å². The number of carbonyl (C=O) groups is 3. The Morgan fingerprint density at radius 2 is 1.82 bits per heavy atom. The van der Waals surface area contributed by atoms with Gasteiger partial charge in [0.25, 0.3) is 0 Å². The molecule has 0 aliphatic rings. The lowest BCUT2D eigenvalue weighted by Crippen LogP contribution is -2.39. The largest absolute Gasteiger partial charge is 0.464 e. The van der Waals surface area contributed by atoms with E-state index in [9.17, 15) is 14.4 Å². The van der Waals surface area contributed by atoms with Crippen LogP contribution in [0.15, 0.2) is 5.38 Å². The minimum absolute atomic E-state index is 0.101. The van der Waals surface area contributed by atoms with Gasteiger partial charge in [-0.3, -0.25) is 5.32 Å². The molecule has 0 fully saturated rings. The highest BCUT2D eigenvalue weighted by molar-refractivity contribution is 7.13. The van der Waals surface area contributed by atoms with Crippen LogP contribution in [0.3, 0.4) is 0 Å². The van der Waals surface area contributed by atoms with Crippen molar-refractivity contribution < 1.29 is 28.6 Å². The summed E-state index contributed by atoms with van der Waals surface area (Å²) in [6, 6.07) is -1.22. The molecule has 2 N–H and O–H groups in total. The van der Waals surface area contributed by atoms with E-state index >= 15 is 0 Å². The number of nitrogens with one attached hydrogen (secondary N) is 2. The summed E-state index contributed by atoms with van der Waals surface area (Å²) in [5.41, 5.74) is -0.615. The SMILES string of the molecule is CCOC(=O)C(NC(=O)OC(C)(C)C)c1csc(NC(=O)OCC(Cl)(Cl)Cl)n1. The van der Waals surface area contributed by atoms with Crippen LogP contribution < -0.4 is 10.6 Å². The molecule has 28 heavy (non-hydrogen) atoms. The fraction of sp³-hybridized carbons (Fsp3) is 0.600. The molecule has 1 unspecified atom stereocenters. The van der Waals surface area contributed by atoms with Crippen LogP contribution in [-0.2, 0) is 19.0 Å². The molecule has 0 saturated carbocycles. The minimum atomic E-state index is -1.75. The molecule has 158 valence electrons. The summed E-state index contributed by atoms with van der Waals surface area (Å²) < 4.78 is 13.1. The van der Waals surface area contributed by atoms with Crippen LogP contribution in [0.2, 0.25) is 0 Å². The van der Waals surface area contributed by atoms with Crippen molar-refractivity contribution in [3.8, 4) is 0 Å². The van der Waals surface area contributed by atoms with Crippen molar-refractivity contribution in [2.75, 3.05) is 18.5 Å². The zero-order valence-corrected chi connectivity index (χ0v) is 18.6. The summed E-state index contributed by atoms with van der Waals surface area (Å²) >= 11 is 17.5. The molecule has 1 atom stereocenters. The predicted octanol–water partition coefficient (Wildman–Crippen LogP) is 4.19. The molecule has 0 spiro atoms. The number of aromatic nitrogens is 1. The molecule has 0 saturated heterocycles. The maximum Gasteiger partial charge on any atom is 0.413 e. The van der Waals surface area contributed by atoms with E-state index in [4.69, 9.17) is 49.0 Å². The third-order valence-electron chi connectivity index (χ3n) is 2.58. The number of hydrogen-bond donors (Lipinski definition) is 2. The number of thiazole rings is 1. The van der Waals surface area contributed by atoms with Gasteiger partial charge >= 0.3 is 18.2 Å². The highest BCUT2D eigenvalue weighted by Crippen LogP contribution is 2.26. The van der Waals surface area contributed by atoms with Crippen molar-refractivity contribution >= 4 is 69.4 Å². The summed E-state index contributed by atoms with van der Waals surface area (Å²) in [6.45, 7) is 6.30. The van der Waals surface area contributed by atoms with Gasteiger partial charge in [-0.2, -0.15) is 0 Å². The molecule has 2 amide bonds. The maximum absolute atomic E-state index is 12.2. The van der Waals surface area contributed by atoms with E-state index < -0.39 is 40.2 Å². The number of ether oxygens (including phenoxy) is 3. The molecule has 0 aliphatic carbocycles. The van der Waals surface area contributed by atoms with Crippen LogP contribution in [0.1, 0.15) is 39.4 Å². The Kier molecular flexibility index (Phi) is 9.06. The highest BCUT2D eigenvalue weighted by atomic mass is 35.6. The summed E-state index contributed by atoms with van der Waals surface area (Å²) in [5.74, 6) is -0.732. The first-order valence-corrected chi connectivity index (χ1v) is 9.94. The Morgan fingerprint density at radius 3 is 2.36 bits per heavy atom. The molecule has 0 aliphatic heterocycles. The standard InChI is InChI=1S/C15H20Cl3N3O6S/c1-5-25-10(22)9(20-13(24)27-14(2,3)4)8-6-28-11(19-8)21-12(23)26-7-15(16,17)18/h6,9H,5,7H2,1-4H3,(H,20,24)(H,19,21,23). The van der Waals surface area contributed by atoms with Gasteiger partial charge in [-0.25, -0.2) is 19.4 Å². The lowest BCUT2D eigenvalue weighted by atomic mass is 10.2. The second kappa shape index (κ2) is 10.3. The monoisotopic (exact) mass is 475 g/mol. The van der Waals surface area contributed by atoms with Crippen LogP contribution >= 0.6 is 46.1 Å². The third kappa shape index (κ3) is 9.63. The fourth-order valence-electron chi connectivity index (χ4n) is 1.65. The number of halogens is 3. The van der Waals surface area contributed by atoms with Gasteiger partial charge in [0, 0.05) is 5.38 Å². The lowest BCUT2D eigenvalue weighted by Gasteiger charge is -2.22. The van der Waals surface area contributed by atoms with Gasteiger partial charge in [-0.1, -0.05) is 34.8 Å². The number of carbonyl (C=O) groups excluding carboxylic acids is 3. The maximum atomic E-state index is 12.2. The summed E-state index contributed by atoms with van der Waals surface area (Å²) in [4.78, 5) is 40.0. The first-order valence-electron chi connectivity index (χ1n) is 7.93. The number of alkyl halides is 3. The normalized spacial score (nSPS) is 12.7. The number of amides is 2. The van der Waals surface area contributed by atoms with E-state index in [2.05, 4.69) is 15.6 Å². The number of rotatable bonds is 6. The number of esters is 1. The molecule has 0 radical (unpaired) electrons. The number of anilines is 1. The zero-order valence-electron chi connectivity index (χ0n) is 15.5. The third-order valence-corrected chi connectivity index (χ3v) is 3.68. The van der Waals surface area contributed by atoms with Crippen LogP contribution in [0.25, 0.3) is 0 Å². The minimum Gasteiger partial charge on any atom is -0.464 e. The van der Waals surface area contributed by atoms with Gasteiger partial charge in [-0.05, 0) is 27.7 Å². The second-order valence-electron chi connectivity index (χ2n) is 6.23. The molecule has 9 nitrogen and oxygen atoms in total. The number of hydrogen-bond acceptors (Lipinski definition) is 8. The first kappa shape index (κ1) is 24.5. The van der Waals surface area contributed by atoms with Gasteiger partial charge in [0.05, 0.1) is 12.3 Å². The van der Waals surface area contributed by atoms with Gasteiger partial charge in [0.15, 0.2) is 11.2 Å². The van der Waals surface area contributed by atoms with Crippen molar-refractivity contribution in [2.24, 2.45) is 0 Å². The van der Waals surface area contributed by atoms with Crippen molar-refractivity contribution in [1.29, 1.82) is 0 Å². The Bertz CT molecular complexity index is 702. The summed E-state index contributed by atoms with van der Waals surface area (Å²) in [6.07, 6.45) is -1.73. The van der Waals surface area contributed by atoms with Gasteiger partial charge in [0.2, 0.25) is 3.79 Å².